The number of hydrogen-bond acceptors (Lipinski definition) is 6. The van der Waals surface area contributed by atoms with Crippen LogP contribution in [-0.4, -0.2) is 49.0 Å². The Morgan fingerprint density at radius 3 is 2.55 bits per heavy atom. The molecule has 200 valence electrons. The van der Waals surface area contributed by atoms with Crippen molar-refractivity contribution in [3.63, 3.8) is 0 Å². The van der Waals surface area contributed by atoms with Gasteiger partial charge in [0.2, 0.25) is 5.91 Å². The highest BCUT2D eigenvalue weighted by molar-refractivity contribution is 6.14. The van der Waals surface area contributed by atoms with Crippen LogP contribution in [0.3, 0.4) is 0 Å². The number of nitrogens with one attached hydrogen (secondary N) is 4. The molecule has 0 atom stereocenters. The number of benzene rings is 1. The molecule has 38 heavy (non-hydrogen) atoms. The summed E-state index contributed by atoms with van der Waals surface area (Å²) in [5.74, 6) is -3.06. The summed E-state index contributed by atoms with van der Waals surface area (Å²) >= 11 is 0. The lowest BCUT2D eigenvalue weighted by Crippen LogP contribution is -2.36. The molecule has 0 saturated heterocycles. The highest BCUT2D eigenvalue weighted by Gasteiger charge is 2.50. The van der Waals surface area contributed by atoms with Gasteiger partial charge < -0.3 is 20.8 Å². The van der Waals surface area contributed by atoms with E-state index in [1.165, 1.54) is 18.3 Å². The minimum atomic E-state index is -4.77. The maximum Gasteiger partial charge on any atom is 0.400 e. The smallest absolute Gasteiger partial charge is 0.400 e. The summed E-state index contributed by atoms with van der Waals surface area (Å²) < 4.78 is 55.4. The molecule has 0 fully saturated rings. The second kappa shape index (κ2) is 10.8. The lowest BCUT2D eigenvalue weighted by atomic mass is 9.89. The number of nitrogens with zero attached hydrogens (tertiary/aromatic N) is 3. The molecule has 0 unspecified atom stereocenters. The molecule has 3 aromatic rings. The Kier molecular flexibility index (Phi) is 7.98. The summed E-state index contributed by atoms with van der Waals surface area (Å²) in [4.78, 5) is 19.5. The van der Waals surface area contributed by atoms with Crippen LogP contribution in [0, 0.1) is 22.1 Å². The maximum absolute atomic E-state index is 14.7. The highest BCUT2D eigenvalue weighted by Crippen LogP contribution is 2.42. The second-order valence-corrected chi connectivity index (χ2v) is 8.93. The van der Waals surface area contributed by atoms with Crippen molar-refractivity contribution in [1.82, 2.24) is 25.1 Å². The minimum Gasteiger partial charge on any atom is -0.511 e. The number of alkyl halides is 3. The summed E-state index contributed by atoms with van der Waals surface area (Å²) in [5, 5.41) is 31.1. The summed E-state index contributed by atoms with van der Waals surface area (Å²) in [6.07, 6.45) is 2.87. The third kappa shape index (κ3) is 6.41. The van der Waals surface area contributed by atoms with Gasteiger partial charge in [0.25, 0.3) is 0 Å². The van der Waals surface area contributed by atoms with Crippen molar-refractivity contribution in [2.24, 2.45) is 12.5 Å². The predicted molar refractivity (Wildman–Crippen MR) is 134 cm³/mol. The summed E-state index contributed by atoms with van der Waals surface area (Å²) in [6.45, 7) is 1.47. The topological polar surface area (TPSA) is 144 Å². The van der Waals surface area contributed by atoms with Gasteiger partial charge in [-0.05, 0) is 31.6 Å². The van der Waals surface area contributed by atoms with Crippen LogP contribution >= 0.6 is 0 Å². The average Bonchev–Trinajstić information content (AvgIpc) is 3.46. The van der Waals surface area contributed by atoms with E-state index in [0.717, 1.165) is 25.6 Å². The molecule has 9 nitrogen and oxygen atoms in total. The first-order valence-electron chi connectivity index (χ1n) is 11.1. The molecule has 1 aromatic carbocycles. The Labute approximate surface area is 214 Å². The Morgan fingerprint density at radius 1 is 1.26 bits per heavy atom. The third-order valence-corrected chi connectivity index (χ3v) is 5.70. The molecule has 5 N–H and O–H groups in total. The van der Waals surface area contributed by atoms with Crippen LogP contribution < -0.4 is 5.32 Å². The van der Waals surface area contributed by atoms with Gasteiger partial charge in [0.15, 0.2) is 0 Å². The number of H-pyrrole nitrogens is 1. The largest absolute Gasteiger partial charge is 0.511 e. The molecule has 0 saturated carbocycles. The lowest BCUT2D eigenvalue weighted by molar-refractivity contribution is -0.206. The van der Waals surface area contributed by atoms with E-state index in [-0.39, 0.29) is 5.56 Å². The molecule has 0 aliphatic carbocycles. The average molecular weight is 532 g/mol. The second-order valence-electron chi connectivity index (χ2n) is 8.93. The fourth-order valence-corrected chi connectivity index (χ4v) is 3.21. The van der Waals surface area contributed by atoms with Gasteiger partial charge in [0.1, 0.15) is 28.7 Å². The van der Waals surface area contributed by atoms with E-state index in [1.807, 2.05) is 5.32 Å². The van der Waals surface area contributed by atoms with Gasteiger partial charge in [-0.25, -0.2) is 9.37 Å². The number of rotatable bonds is 8. The van der Waals surface area contributed by atoms with E-state index in [1.54, 1.807) is 36.3 Å². The fraction of sp³-hybridized carbons (Fsp3) is 0.240. The summed E-state index contributed by atoms with van der Waals surface area (Å²) in [6, 6.07) is 4.10. The van der Waals surface area contributed by atoms with Crippen molar-refractivity contribution >= 4 is 29.6 Å². The number of imidazole rings is 1. The zero-order chi connectivity index (χ0) is 28.3. The van der Waals surface area contributed by atoms with Crippen molar-refractivity contribution in [1.29, 1.82) is 10.8 Å². The fourth-order valence-electron chi connectivity index (χ4n) is 3.21. The van der Waals surface area contributed by atoms with Crippen LogP contribution in [0.25, 0.3) is 22.9 Å². The Balaban J connectivity index is 1.69. The molecule has 0 radical (unpaired) electrons. The van der Waals surface area contributed by atoms with E-state index in [0.29, 0.717) is 28.7 Å². The van der Waals surface area contributed by atoms with E-state index in [4.69, 9.17) is 10.8 Å². The molecule has 0 aliphatic rings. The van der Waals surface area contributed by atoms with Gasteiger partial charge >= 0.3 is 6.18 Å². The number of aliphatic hydroxyl groups excluding tert-OH is 1. The SMILES string of the molecule is Cn1cc(/C(C=N)=C/c2ncc(-c3ccc(CC(=O)NC(=N)/C=C(\O)C(C)(C)C(F)(F)F)c(F)c3)[nH]2)cn1. The Morgan fingerprint density at radius 2 is 1.97 bits per heavy atom. The van der Waals surface area contributed by atoms with Gasteiger partial charge in [0.05, 0.1) is 24.5 Å². The summed E-state index contributed by atoms with van der Waals surface area (Å²) in [5.41, 5.74) is -0.430. The number of allylic oxidation sites excluding steroid dienone is 2. The highest BCUT2D eigenvalue weighted by atomic mass is 19.4. The Hall–Kier alpha value is -4.55. The predicted octanol–water partition coefficient (Wildman–Crippen LogP) is 4.81. The molecule has 3 rings (SSSR count). The molecular formula is C25H25F4N7O2. The molecule has 13 heteroatoms. The first-order chi connectivity index (χ1) is 17.7. The number of aliphatic hydroxyl groups is 1. The molecule has 0 bridgehead atoms. The van der Waals surface area contributed by atoms with Crippen molar-refractivity contribution in [2.45, 2.75) is 26.4 Å². The number of carbonyl (C=O) groups excluding carboxylic acids is 1. The van der Waals surface area contributed by atoms with E-state index in [2.05, 4.69) is 15.1 Å². The van der Waals surface area contributed by atoms with Crippen molar-refractivity contribution in [3.8, 4) is 11.3 Å². The minimum absolute atomic E-state index is 0.00909. The number of carbonyl (C=O) groups is 1. The number of hydrogen-bond donors (Lipinski definition) is 5. The number of halogens is 4. The van der Waals surface area contributed by atoms with Gasteiger partial charge in [-0.15, -0.1) is 0 Å². The number of amidine groups is 1. The zero-order valence-electron chi connectivity index (χ0n) is 20.6. The van der Waals surface area contributed by atoms with Gasteiger partial charge in [-0.2, -0.15) is 18.3 Å². The van der Waals surface area contributed by atoms with Crippen LogP contribution in [-0.2, 0) is 18.3 Å². The molecule has 2 aromatic heterocycles. The van der Waals surface area contributed by atoms with Crippen LogP contribution in [0.1, 0.15) is 30.8 Å². The lowest BCUT2D eigenvalue weighted by Gasteiger charge is -2.26. The third-order valence-electron chi connectivity index (χ3n) is 5.70. The van der Waals surface area contributed by atoms with Crippen molar-refractivity contribution in [2.75, 3.05) is 0 Å². The standard InChI is InChI=1S/C25H25F4N7O2/c1-24(2,25(27,28)29)20(37)9-21(31)35-23(38)8-14-4-5-15(6-18(14)26)19-12-32-22(34-19)7-16(10-30)17-11-33-36(3)13-17/h4-7,9-13,30,37H,8H2,1-3H3,(H,32,34)(H2,31,35,38)/b16-7+,20-9-,30-10?. The van der Waals surface area contributed by atoms with Gasteiger partial charge in [0, 0.05) is 42.2 Å². The monoisotopic (exact) mass is 531 g/mol. The quantitative estimate of drug-likeness (QED) is 0.123. The molecule has 2 heterocycles. The number of aryl methyl sites for hydroxylation is 1. The van der Waals surface area contributed by atoms with Crippen LogP contribution in [0.5, 0.6) is 0 Å². The van der Waals surface area contributed by atoms with E-state index in [9.17, 15) is 27.5 Å². The molecular weight excluding hydrogens is 506 g/mol. The number of aromatic amines is 1. The Bertz CT molecular complexity index is 1430. The van der Waals surface area contributed by atoms with Crippen molar-refractivity contribution in [3.05, 3.63) is 71.4 Å². The normalized spacial score (nSPS) is 12.9. The molecule has 0 aliphatic heterocycles. The zero-order valence-corrected chi connectivity index (χ0v) is 20.6. The van der Waals surface area contributed by atoms with Gasteiger partial charge in [-0.1, -0.05) is 12.1 Å². The first-order valence-corrected chi connectivity index (χ1v) is 11.1. The molecule has 1 amide bonds. The van der Waals surface area contributed by atoms with Crippen LogP contribution in [0.2, 0.25) is 0 Å². The summed E-state index contributed by atoms with van der Waals surface area (Å²) in [7, 11) is 1.75. The van der Waals surface area contributed by atoms with Crippen molar-refractivity contribution < 1.29 is 27.5 Å². The first kappa shape index (κ1) is 28.0. The number of aromatic nitrogens is 4. The molecule has 0 spiro atoms. The van der Waals surface area contributed by atoms with E-state index >= 15 is 0 Å². The van der Waals surface area contributed by atoms with E-state index < -0.39 is 41.3 Å². The van der Waals surface area contributed by atoms with Crippen LogP contribution in [0.4, 0.5) is 17.6 Å². The van der Waals surface area contributed by atoms with Crippen LogP contribution in [0.15, 0.2) is 48.6 Å². The number of amides is 1. The maximum atomic E-state index is 14.7. The van der Waals surface area contributed by atoms with Gasteiger partial charge in [-0.3, -0.25) is 14.9 Å².